The molecule has 56 valence electrons. The Kier molecular flexibility index (Phi) is 3.09. The highest BCUT2D eigenvalue weighted by molar-refractivity contribution is 6.51. The zero-order valence-corrected chi connectivity index (χ0v) is 7.65. The zero-order valence-electron chi connectivity index (χ0n) is 5.32. The average molecular weight is 191 g/mol. The highest BCUT2D eigenvalue weighted by Gasteiger charge is 2.59. The molecule has 0 aromatic carbocycles. The van der Waals surface area contributed by atoms with Gasteiger partial charge in [-0.15, -0.1) is 12.4 Å². The second-order valence-electron chi connectivity index (χ2n) is 2.23. The minimum atomic E-state index is -0.491. The zero-order chi connectivity index (χ0) is 6.36. The predicted octanol–water partition coefficient (Wildman–Crippen LogP) is 1.82. The fraction of sp³-hybridized carbons (Fsp3) is 1.00. The summed E-state index contributed by atoms with van der Waals surface area (Å²) in [7, 11) is 1.87. The van der Waals surface area contributed by atoms with Crippen LogP contribution in [0.2, 0.25) is 0 Å². The second-order valence-corrected chi connectivity index (χ2v) is 3.67. The summed E-state index contributed by atoms with van der Waals surface area (Å²) < 4.78 is -0.491. The van der Waals surface area contributed by atoms with Crippen molar-refractivity contribution in [3.63, 3.8) is 0 Å². The summed E-state index contributed by atoms with van der Waals surface area (Å²) in [6.45, 7) is 2.03. The molecule has 0 unspecified atom stereocenters. The van der Waals surface area contributed by atoms with Gasteiger partial charge >= 0.3 is 0 Å². The van der Waals surface area contributed by atoms with E-state index in [1.165, 1.54) is 0 Å². The van der Waals surface area contributed by atoms with Gasteiger partial charge in [-0.05, 0) is 7.05 Å². The third kappa shape index (κ3) is 1.45. The normalized spacial score (nSPS) is 37.3. The molecule has 1 saturated carbocycles. The van der Waals surface area contributed by atoms with Crippen molar-refractivity contribution in [2.75, 3.05) is 7.05 Å². The number of alkyl halides is 2. The van der Waals surface area contributed by atoms with Gasteiger partial charge in [0, 0.05) is 12.0 Å². The van der Waals surface area contributed by atoms with E-state index in [4.69, 9.17) is 23.2 Å². The number of rotatable bonds is 1. The molecule has 9 heavy (non-hydrogen) atoms. The van der Waals surface area contributed by atoms with Gasteiger partial charge in [0.05, 0.1) is 0 Å². The van der Waals surface area contributed by atoms with Crippen molar-refractivity contribution in [3.05, 3.63) is 0 Å². The average Bonchev–Trinajstić information content (AvgIpc) is 2.09. The lowest BCUT2D eigenvalue weighted by atomic mass is 10.5. The lowest BCUT2D eigenvalue weighted by Gasteiger charge is -1.92. The monoisotopic (exact) mass is 189 g/mol. The van der Waals surface area contributed by atoms with Crippen LogP contribution >= 0.6 is 35.6 Å². The molecule has 0 bridgehead atoms. The maximum atomic E-state index is 5.76. The minimum Gasteiger partial charge on any atom is -0.314 e. The molecule has 0 spiro atoms. The van der Waals surface area contributed by atoms with Gasteiger partial charge in [0.25, 0.3) is 0 Å². The minimum absolute atomic E-state index is 0. The fourth-order valence-electron chi connectivity index (χ4n) is 0.922. The molecule has 0 heterocycles. The second kappa shape index (κ2) is 2.83. The van der Waals surface area contributed by atoms with E-state index in [2.05, 4.69) is 5.32 Å². The highest BCUT2D eigenvalue weighted by atomic mass is 35.5. The summed E-state index contributed by atoms with van der Waals surface area (Å²) in [6.07, 6.45) is 0. The number of halogens is 3. The van der Waals surface area contributed by atoms with Crippen LogP contribution in [0.4, 0.5) is 0 Å². The third-order valence-electron chi connectivity index (χ3n) is 1.72. The van der Waals surface area contributed by atoms with Crippen LogP contribution in [-0.2, 0) is 0 Å². The first-order valence-corrected chi connectivity index (χ1v) is 3.41. The van der Waals surface area contributed by atoms with Gasteiger partial charge in [0.1, 0.15) is 4.33 Å². The molecule has 1 aliphatic rings. The molecule has 4 heteroatoms. The number of hydrogen-bond acceptors (Lipinski definition) is 1. The van der Waals surface area contributed by atoms with Crippen LogP contribution in [0.3, 0.4) is 0 Å². The quantitative estimate of drug-likeness (QED) is 0.622. The van der Waals surface area contributed by atoms with Crippen LogP contribution < -0.4 is 5.32 Å². The Balaban J connectivity index is 0.000000640. The molecular weight excluding hydrogens is 180 g/mol. The topological polar surface area (TPSA) is 12.0 Å². The Morgan fingerprint density at radius 2 is 1.78 bits per heavy atom. The molecule has 0 aromatic rings. The Labute approximate surface area is 71.5 Å². The van der Waals surface area contributed by atoms with Gasteiger partial charge in [0.2, 0.25) is 0 Å². The summed E-state index contributed by atoms with van der Waals surface area (Å²) in [5.41, 5.74) is 0. The molecule has 1 fully saturated rings. The van der Waals surface area contributed by atoms with E-state index in [0.29, 0.717) is 12.0 Å². The third-order valence-corrected chi connectivity index (χ3v) is 2.88. The van der Waals surface area contributed by atoms with E-state index in [1.807, 2.05) is 14.0 Å². The Bertz CT molecular complexity index is 104. The van der Waals surface area contributed by atoms with Crippen LogP contribution in [0, 0.1) is 5.92 Å². The lowest BCUT2D eigenvalue weighted by Crippen LogP contribution is -2.14. The van der Waals surface area contributed by atoms with E-state index in [-0.39, 0.29) is 12.4 Å². The highest BCUT2D eigenvalue weighted by Crippen LogP contribution is 2.52. The maximum absolute atomic E-state index is 5.76. The van der Waals surface area contributed by atoms with E-state index < -0.39 is 4.33 Å². The molecule has 0 saturated heterocycles. The van der Waals surface area contributed by atoms with E-state index in [1.54, 1.807) is 0 Å². The van der Waals surface area contributed by atoms with Crippen molar-refractivity contribution in [3.8, 4) is 0 Å². The maximum Gasteiger partial charge on any atom is 0.137 e. The van der Waals surface area contributed by atoms with E-state index >= 15 is 0 Å². The van der Waals surface area contributed by atoms with Crippen molar-refractivity contribution < 1.29 is 0 Å². The molecule has 0 amide bonds. The lowest BCUT2D eigenvalue weighted by molar-refractivity contribution is 0.746. The van der Waals surface area contributed by atoms with Crippen LogP contribution in [0.5, 0.6) is 0 Å². The largest absolute Gasteiger partial charge is 0.314 e. The van der Waals surface area contributed by atoms with E-state index in [9.17, 15) is 0 Å². The molecule has 1 N–H and O–H groups in total. The van der Waals surface area contributed by atoms with Crippen molar-refractivity contribution in [1.82, 2.24) is 5.32 Å². The van der Waals surface area contributed by atoms with E-state index in [0.717, 1.165) is 0 Å². The van der Waals surface area contributed by atoms with Gasteiger partial charge < -0.3 is 5.32 Å². The molecule has 1 nitrogen and oxygen atoms in total. The molecule has 0 aliphatic heterocycles. The van der Waals surface area contributed by atoms with Gasteiger partial charge in [-0.1, -0.05) is 30.1 Å². The Morgan fingerprint density at radius 3 is 1.78 bits per heavy atom. The summed E-state index contributed by atoms with van der Waals surface area (Å²) in [5, 5.41) is 3.02. The van der Waals surface area contributed by atoms with Crippen LogP contribution in [0.25, 0.3) is 0 Å². The van der Waals surface area contributed by atoms with Gasteiger partial charge in [-0.3, -0.25) is 0 Å². The molecular formula is C5H10Cl3N. The molecule has 0 aromatic heterocycles. The summed E-state index contributed by atoms with van der Waals surface area (Å²) in [5.74, 6) is 0.399. The molecule has 2 atom stereocenters. The fourth-order valence-corrected chi connectivity index (χ4v) is 1.64. The Hall–Kier alpha value is 0.830. The van der Waals surface area contributed by atoms with Crippen LogP contribution in [0.15, 0.2) is 0 Å². The van der Waals surface area contributed by atoms with Crippen LogP contribution in [-0.4, -0.2) is 17.4 Å². The van der Waals surface area contributed by atoms with Crippen molar-refractivity contribution in [2.24, 2.45) is 5.92 Å². The smallest absolute Gasteiger partial charge is 0.137 e. The summed E-state index contributed by atoms with van der Waals surface area (Å²) in [6, 6.07) is 0.297. The van der Waals surface area contributed by atoms with Gasteiger partial charge in [0.15, 0.2) is 0 Å². The summed E-state index contributed by atoms with van der Waals surface area (Å²) in [4.78, 5) is 0. The molecule has 1 aliphatic carbocycles. The number of nitrogens with one attached hydrogen (secondary N) is 1. The number of hydrogen-bond donors (Lipinski definition) is 1. The SMILES string of the molecule is CN[C@H]1[C@@H](C)C1(Cl)Cl.Cl. The van der Waals surface area contributed by atoms with Gasteiger partial charge in [-0.2, -0.15) is 0 Å². The molecule has 0 radical (unpaired) electrons. The summed E-state index contributed by atoms with van der Waals surface area (Å²) >= 11 is 11.5. The molecule has 1 rings (SSSR count). The standard InChI is InChI=1S/C5H9Cl2N.ClH/c1-3-4(8-2)5(3,6)7;/h3-4,8H,1-2H3;1H/t3-,4+;/m1./s1. The first-order chi connectivity index (χ1) is 3.60. The van der Waals surface area contributed by atoms with Crippen LogP contribution in [0.1, 0.15) is 6.92 Å². The van der Waals surface area contributed by atoms with Crippen molar-refractivity contribution >= 4 is 35.6 Å². The van der Waals surface area contributed by atoms with Crippen molar-refractivity contribution in [2.45, 2.75) is 17.3 Å². The first kappa shape index (κ1) is 9.83. The Morgan fingerprint density at radius 1 is 1.44 bits per heavy atom. The first-order valence-electron chi connectivity index (χ1n) is 2.65. The van der Waals surface area contributed by atoms with Gasteiger partial charge in [-0.25, -0.2) is 0 Å². The predicted molar refractivity (Wildman–Crippen MR) is 43.7 cm³/mol. The van der Waals surface area contributed by atoms with Crippen molar-refractivity contribution in [1.29, 1.82) is 0 Å².